The summed E-state index contributed by atoms with van der Waals surface area (Å²) >= 11 is 12.5. The van der Waals surface area contributed by atoms with E-state index in [-0.39, 0.29) is 21.3 Å². The Hall–Kier alpha value is 0.680. The zero-order valence-corrected chi connectivity index (χ0v) is 12.1. The molecule has 16 heavy (non-hydrogen) atoms. The van der Waals surface area contributed by atoms with Crippen LogP contribution in [0, 0.1) is 0 Å². The van der Waals surface area contributed by atoms with Crippen LogP contribution in [-0.4, -0.2) is 35.9 Å². The first-order valence-corrected chi connectivity index (χ1v) is 9.34. The van der Waals surface area contributed by atoms with Crippen LogP contribution in [0.1, 0.15) is 25.7 Å². The van der Waals surface area contributed by atoms with E-state index in [1.165, 1.54) is 0 Å². The maximum atomic E-state index is 11.3. The Labute approximate surface area is 109 Å². The summed E-state index contributed by atoms with van der Waals surface area (Å²) < 4.78 is 26.6. The molecule has 2 heterocycles. The number of fused-ring (bicyclic) bond motifs is 2. The summed E-state index contributed by atoms with van der Waals surface area (Å²) in [4.78, 5) is 0. The van der Waals surface area contributed by atoms with Crippen LogP contribution in [0.25, 0.3) is 0 Å². The van der Waals surface area contributed by atoms with Crippen molar-refractivity contribution < 1.29 is 8.42 Å². The van der Waals surface area contributed by atoms with Gasteiger partial charge in [0.25, 0.3) is 10.0 Å². The third-order valence-corrected chi connectivity index (χ3v) is 8.59. The third-order valence-electron chi connectivity index (χ3n) is 3.10. The Morgan fingerprint density at radius 2 is 1.50 bits per heavy atom. The smallest absolute Gasteiger partial charge is 0.204 e. The van der Waals surface area contributed by atoms with Crippen LogP contribution in [0.2, 0.25) is 0 Å². The topological polar surface area (TPSA) is 46.5 Å². The lowest BCUT2D eigenvalue weighted by molar-refractivity contribution is 0.495. The average Bonchev–Trinajstić information content (AvgIpc) is 2.12. The second-order valence-electron chi connectivity index (χ2n) is 4.42. The van der Waals surface area contributed by atoms with Crippen LogP contribution in [0.3, 0.4) is 0 Å². The number of hydrogen-bond donors (Lipinski definition) is 0. The molecule has 0 radical (unpaired) electrons. The lowest BCUT2D eigenvalue weighted by Gasteiger charge is -2.42. The van der Waals surface area contributed by atoms with Gasteiger partial charge in [0.2, 0.25) is 0 Å². The summed E-state index contributed by atoms with van der Waals surface area (Å²) in [5.74, 6) is 0. The normalized spacial score (nSPS) is 44.1. The maximum absolute atomic E-state index is 11.3. The van der Waals surface area contributed by atoms with Crippen molar-refractivity contribution in [1.29, 1.82) is 0 Å². The highest BCUT2D eigenvalue weighted by Crippen LogP contribution is 2.40. The van der Waals surface area contributed by atoms with Crippen molar-refractivity contribution in [2.75, 3.05) is 6.26 Å². The number of halogens is 2. The lowest BCUT2D eigenvalue weighted by Crippen LogP contribution is -2.47. The van der Waals surface area contributed by atoms with Crippen molar-refractivity contribution in [3.05, 3.63) is 0 Å². The van der Waals surface area contributed by atoms with Crippen LogP contribution in [0.15, 0.2) is 3.77 Å². The first kappa shape index (κ1) is 13.1. The molecule has 0 spiro atoms. The van der Waals surface area contributed by atoms with Crippen LogP contribution in [0.5, 0.6) is 0 Å². The molecule has 2 saturated heterocycles. The molecule has 2 unspecified atom stereocenters. The number of sulfonamides is 1. The molecule has 0 aromatic heterocycles. The highest BCUT2D eigenvalue weighted by molar-refractivity contribution is 8.00. The second kappa shape index (κ2) is 4.75. The van der Waals surface area contributed by atoms with Crippen LogP contribution in [-0.2, 0) is 20.7 Å². The van der Waals surface area contributed by atoms with Gasteiger partial charge in [-0.3, -0.25) is 0 Å². The number of hydrogen-bond acceptors (Lipinski definition) is 2. The van der Waals surface area contributed by atoms with Gasteiger partial charge < -0.3 is 0 Å². The molecule has 0 aromatic rings. The van der Waals surface area contributed by atoms with Gasteiger partial charge in [-0.05, 0) is 25.7 Å². The van der Waals surface area contributed by atoms with E-state index in [2.05, 4.69) is 3.77 Å². The molecule has 2 aliphatic heterocycles. The number of nitrogens with zero attached hydrogens (tertiary/aromatic N) is 1. The zero-order chi connectivity index (χ0) is 11.9. The Morgan fingerprint density at radius 1 is 1.06 bits per heavy atom. The van der Waals surface area contributed by atoms with Crippen LogP contribution < -0.4 is 0 Å². The van der Waals surface area contributed by atoms with E-state index >= 15 is 0 Å². The van der Waals surface area contributed by atoms with Gasteiger partial charge in [0, 0.05) is 21.3 Å². The molecule has 0 amide bonds. The summed E-state index contributed by atoms with van der Waals surface area (Å²) in [6, 6.07) is 0. The number of rotatable bonds is 1. The monoisotopic (exact) mass is 303 g/mol. The average molecular weight is 304 g/mol. The number of alkyl halides is 2. The second-order valence-corrected chi connectivity index (χ2v) is 9.51. The van der Waals surface area contributed by atoms with Crippen molar-refractivity contribution >= 4 is 43.9 Å². The fraction of sp³-hybridized carbons (Fsp3) is 1.00. The zero-order valence-electron chi connectivity index (χ0n) is 8.97. The van der Waals surface area contributed by atoms with Gasteiger partial charge >= 0.3 is 0 Å². The molecule has 2 aliphatic rings. The molecular weight excluding hydrogens is 289 g/mol. The fourth-order valence-corrected chi connectivity index (χ4v) is 7.77. The molecule has 2 fully saturated rings. The molecule has 2 bridgehead atoms. The van der Waals surface area contributed by atoms with E-state index in [0.29, 0.717) is 0 Å². The fourth-order valence-electron chi connectivity index (χ4n) is 2.42. The summed E-state index contributed by atoms with van der Waals surface area (Å²) in [5, 5.41) is 0.554. The first-order chi connectivity index (χ1) is 7.38. The standard InChI is InChI=1S/C9H15Cl2NO2S2/c1-16(13,14)12-15-8-4-2-6(10)9(15)5-3-7(8)11/h6-9H,2-5H2,1H3/t6-,7-,8?,9?,15?/m1/s1. The Bertz CT molecular complexity index is 390. The molecule has 0 aromatic carbocycles. The van der Waals surface area contributed by atoms with E-state index in [4.69, 9.17) is 23.2 Å². The molecule has 0 N–H and O–H groups in total. The predicted octanol–water partition coefficient (Wildman–Crippen LogP) is 2.29. The van der Waals surface area contributed by atoms with Gasteiger partial charge in [-0.1, -0.05) is 10.7 Å². The summed E-state index contributed by atoms with van der Waals surface area (Å²) in [6.45, 7) is 0. The molecule has 2 rings (SSSR count). The molecule has 3 nitrogen and oxygen atoms in total. The van der Waals surface area contributed by atoms with Crippen LogP contribution in [0.4, 0.5) is 0 Å². The minimum absolute atomic E-state index is 0.0641. The van der Waals surface area contributed by atoms with Crippen LogP contribution >= 0.6 is 23.2 Å². The van der Waals surface area contributed by atoms with Crippen molar-refractivity contribution in [3.8, 4) is 0 Å². The van der Waals surface area contributed by atoms with Gasteiger partial charge in [-0.15, -0.1) is 27.0 Å². The molecule has 0 saturated carbocycles. The van der Waals surface area contributed by atoms with Crippen molar-refractivity contribution in [2.24, 2.45) is 3.77 Å². The quantitative estimate of drug-likeness (QED) is 0.698. The molecule has 94 valence electrons. The minimum Gasteiger partial charge on any atom is -0.204 e. The van der Waals surface area contributed by atoms with Crippen molar-refractivity contribution in [2.45, 2.75) is 46.9 Å². The Kier molecular flexibility index (Phi) is 3.89. The van der Waals surface area contributed by atoms with E-state index < -0.39 is 20.7 Å². The van der Waals surface area contributed by atoms with Gasteiger partial charge in [-0.2, -0.15) is 0 Å². The maximum Gasteiger partial charge on any atom is 0.255 e. The summed E-state index contributed by atoms with van der Waals surface area (Å²) in [6.07, 6.45) is 4.82. The summed E-state index contributed by atoms with van der Waals surface area (Å²) in [7, 11) is -3.79. The van der Waals surface area contributed by atoms with Gasteiger partial charge in [0.05, 0.1) is 6.26 Å². The molecule has 7 heteroatoms. The van der Waals surface area contributed by atoms with E-state index in [1.54, 1.807) is 0 Å². The van der Waals surface area contributed by atoms with E-state index in [9.17, 15) is 8.42 Å². The third kappa shape index (κ3) is 2.74. The van der Waals surface area contributed by atoms with E-state index in [1.807, 2.05) is 0 Å². The van der Waals surface area contributed by atoms with Crippen molar-refractivity contribution in [3.63, 3.8) is 0 Å². The van der Waals surface area contributed by atoms with E-state index in [0.717, 1.165) is 31.9 Å². The molecule has 4 atom stereocenters. The first-order valence-electron chi connectivity index (χ1n) is 5.31. The minimum atomic E-state index is -3.29. The Morgan fingerprint density at radius 3 is 1.88 bits per heavy atom. The largest absolute Gasteiger partial charge is 0.255 e. The molecular formula is C9H15Cl2NO2S2. The summed E-state index contributed by atoms with van der Waals surface area (Å²) in [5.41, 5.74) is 0. The lowest BCUT2D eigenvalue weighted by atomic mass is 9.98. The van der Waals surface area contributed by atoms with Gasteiger partial charge in [0.15, 0.2) is 0 Å². The highest BCUT2D eigenvalue weighted by Gasteiger charge is 2.42. The Balaban J connectivity index is 2.37. The SMILES string of the molecule is CS(=O)(=O)N=S1C2CC[C@@H](Cl)C1CC[C@H]2Cl. The predicted molar refractivity (Wildman–Crippen MR) is 70.0 cm³/mol. The van der Waals surface area contributed by atoms with Gasteiger partial charge in [0.1, 0.15) is 0 Å². The highest BCUT2D eigenvalue weighted by atomic mass is 35.5. The van der Waals surface area contributed by atoms with Gasteiger partial charge in [-0.25, -0.2) is 8.42 Å². The van der Waals surface area contributed by atoms with Crippen molar-refractivity contribution in [1.82, 2.24) is 0 Å². The molecule has 0 aliphatic carbocycles.